The number of aromatic nitrogens is 2. The number of thiophene rings is 1. The maximum Gasteiger partial charge on any atom is 0.344 e. The van der Waals surface area contributed by atoms with Crippen LogP contribution < -0.4 is 15.0 Å². The third-order valence-corrected chi connectivity index (χ3v) is 6.25. The van der Waals surface area contributed by atoms with Gasteiger partial charge >= 0.3 is 5.97 Å². The first kappa shape index (κ1) is 20.4. The van der Waals surface area contributed by atoms with E-state index in [1.54, 1.807) is 13.0 Å². The Bertz CT molecular complexity index is 1190. The number of rotatable bonds is 5. The van der Waals surface area contributed by atoms with Crippen LogP contribution in [0.3, 0.4) is 0 Å². The number of hydrogen-bond acceptors (Lipinski definition) is 7. The van der Waals surface area contributed by atoms with E-state index in [9.17, 15) is 9.59 Å². The van der Waals surface area contributed by atoms with E-state index in [-0.39, 0.29) is 17.8 Å². The zero-order valence-electron chi connectivity index (χ0n) is 17.6. The third-order valence-electron chi connectivity index (χ3n) is 5.15. The highest BCUT2D eigenvalue weighted by molar-refractivity contribution is 7.18. The number of esters is 1. The van der Waals surface area contributed by atoms with E-state index in [4.69, 9.17) is 14.2 Å². The summed E-state index contributed by atoms with van der Waals surface area (Å²) in [5.74, 6) is 0.940. The standard InChI is InChI=1S/C22H24N2O5S/c1-11-13(3)30-21-17(11)20(26)23-19(24-21)12(2)28-16(25)10-27-15-8-6-7-14-9-22(4,5)29-18(14)15/h6-8,12H,9-10H2,1-5H3,(H,23,24,26). The lowest BCUT2D eigenvalue weighted by Crippen LogP contribution is -2.25. The van der Waals surface area contributed by atoms with Gasteiger partial charge in [-0.05, 0) is 46.2 Å². The van der Waals surface area contributed by atoms with Crippen LogP contribution in [-0.4, -0.2) is 28.1 Å². The quantitative estimate of drug-likeness (QED) is 0.618. The minimum absolute atomic E-state index is 0.226. The average molecular weight is 429 g/mol. The van der Waals surface area contributed by atoms with E-state index < -0.39 is 12.1 Å². The second-order valence-electron chi connectivity index (χ2n) is 8.12. The maximum atomic E-state index is 12.4. The van der Waals surface area contributed by atoms with Gasteiger partial charge in [-0.25, -0.2) is 9.78 Å². The molecule has 1 aliphatic rings. The summed E-state index contributed by atoms with van der Waals surface area (Å²) >= 11 is 1.45. The second kappa shape index (κ2) is 7.43. The molecule has 1 aliphatic heterocycles. The molecule has 0 spiro atoms. The molecule has 2 aromatic heterocycles. The van der Waals surface area contributed by atoms with Gasteiger partial charge in [0.25, 0.3) is 5.56 Å². The lowest BCUT2D eigenvalue weighted by Gasteiger charge is -2.18. The number of nitrogens with zero attached hydrogens (tertiary/aromatic N) is 1. The van der Waals surface area contributed by atoms with Crippen LogP contribution in [0.5, 0.6) is 11.5 Å². The van der Waals surface area contributed by atoms with Crippen molar-refractivity contribution in [1.29, 1.82) is 0 Å². The zero-order valence-corrected chi connectivity index (χ0v) is 18.4. The molecular weight excluding hydrogens is 404 g/mol. The Morgan fingerprint density at radius 1 is 1.37 bits per heavy atom. The van der Waals surface area contributed by atoms with Crippen molar-refractivity contribution in [3.05, 3.63) is 50.4 Å². The number of benzene rings is 1. The van der Waals surface area contributed by atoms with Gasteiger partial charge in [-0.2, -0.15) is 0 Å². The molecule has 1 atom stereocenters. The van der Waals surface area contributed by atoms with Crippen LogP contribution in [0.2, 0.25) is 0 Å². The number of carbonyl (C=O) groups excluding carboxylic acids is 1. The number of ether oxygens (including phenoxy) is 3. The van der Waals surface area contributed by atoms with Crippen molar-refractivity contribution < 1.29 is 19.0 Å². The molecule has 3 aromatic rings. The number of aryl methyl sites for hydroxylation is 2. The fourth-order valence-electron chi connectivity index (χ4n) is 3.59. The molecule has 0 saturated carbocycles. The summed E-state index contributed by atoms with van der Waals surface area (Å²) in [6.45, 7) is 9.26. The predicted molar refractivity (Wildman–Crippen MR) is 115 cm³/mol. The van der Waals surface area contributed by atoms with Crippen LogP contribution in [0.4, 0.5) is 0 Å². The second-order valence-corrected chi connectivity index (χ2v) is 9.32. The number of para-hydroxylation sites is 1. The molecule has 3 heterocycles. The zero-order chi connectivity index (χ0) is 21.6. The smallest absolute Gasteiger partial charge is 0.344 e. The number of H-pyrrole nitrogens is 1. The lowest BCUT2D eigenvalue weighted by atomic mass is 10.0. The molecule has 0 bridgehead atoms. The van der Waals surface area contributed by atoms with Gasteiger partial charge in [0.15, 0.2) is 30.0 Å². The third kappa shape index (κ3) is 3.79. The normalized spacial score (nSPS) is 15.5. The van der Waals surface area contributed by atoms with Gasteiger partial charge in [0.1, 0.15) is 10.4 Å². The number of fused-ring (bicyclic) bond motifs is 2. The first-order valence-corrected chi connectivity index (χ1v) is 10.6. The molecule has 7 nitrogen and oxygen atoms in total. The van der Waals surface area contributed by atoms with Crippen molar-refractivity contribution >= 4 is 27.5 Å². The molecule has 1 unspecified atom stereocenters. The number of carbonyl (C=O) groups is 1. The van der Waals surface area contributed by atoms with Crippen molar-refractivity contribution in [1.82, 2.24) is 9.97 Å². The van der Waals surface area contributed by atoms with Crippen molar-refractivity contribution in [3.63, 3.8) is 0 Å². The first-order chi connectivity index (χ1) is 14.1. The van der Waals surface area contributed by atoms with Crippen molar-refractivity contribution in [2.75, 3.05) is 6.61 Å². The first-order valence-electron chi connectivity index (χ1n) is 9.78. The van der Waals surface area contributed by atoms with Crippen LogP contribution >= 0.6 is 11.3 Å². The average Bonchev–Trinajstić information content (AvgIpc) is 3.14. The molecule has 0 amide bonds. The van der Waals surface area contributed by atoms with E-state index in [0.717, 1.165) is 22.4 Å². The van der Waals surface area contributed by atoms with E-state index in [1.807, 2.05) is 39.8 Å². The van der Waals surface area contributed by atoms with Gasteiger partial charge in [0, 0.05) is 16.9 Å². The molecule has 0 aliphatic carbocycles. The Kier molecular flexibility index (Phi) is 5.05. The van der Waals surface area contributed by atoms with Gasteiger partial charge in [-0.15, -0.1) is 11.3 Å². The molecule has 0 radical (unpaired) electrons. The molecule has 0 saturated heterocycles. The largest absolute Gasteiger partial charge is 0.483 e. The van der Waals surface area contributed by atoms with E-state index in [0.29, 0.717) is 27.5 Å². The van der Waals surface area contributed by atoms with Gasteiger partial charge in [0.2, 0.25) is 0 Å². The highest BCUT2D eigenvalue weighted by Gasteiger charge is 2.32. The number of nitrogens with one attached hydrogen (secondary N) is 1. The Morgan fingerprint density at radius 3 is 2.90 bits per heavy atom. The van der Waals surface area contributed by atoms with Gasteiger partial charge in [-0.3, -0.25) is 4.79 Å². The molecule has 4 rings (SSSR count). The lowest BCUT2D eigenvalue weighted by molar-refractivity contribution is -0.151. The monoisotopic (exact) mass is 428 g/mol. The minimum Gasteiger partial charge on any atom is -0.483 e. The summed E-state index contributed by atoms with van der Waals surface area (Å²) in [5.41, 5.74) is 1.45. The predicted octanol–water partition coefficient (Wildman–Crippen LogP) is 4.00. The van der Waals surface area contributed by atoms with Crippen LogP contribution in [0, 0.1) is 13.8 Å². The maximum absolute atomic E-state index is 12.4. The van der Waals surface area contributed by atoms with E-state index in [1.165, 1.54) is 11.3 Å². The topological polar surface area (TPSA) is 90.5 Å². The molecular formula is C22H24N2O5S. The summed E-state index contributed by atoms with van der Waals surface area (Å²) in [4.78, 5) is 33.6. The molecule has 1 N–H and O–H groups in total. The minimum atomic E-state index is -0.711. The van der Waals surface area contributed by atoms with Crippen LogP contribution in [0.25, 0.3) is 10.2 Å². The van der Waals surface area contributed by atoms with Gasteiger partial charge in [-0.1, -0.05) is 12.1 Å². The Morgan fingerprint density at radius 2 is 2.13 bits per heavy atom. The van der Waals surface area contributed by atoms with Crippen molar-refractivity contribution in [2.45, 2.75) is 52.7 Å². The SMILES string of the molecule is Cc1sc2nc(C(C)OC(=O)COc3cccc4c3OC(C)(C)C4)[nH]c(=O)c2c1C. The van der Waals surface area contributed by atoms with Crippen LogP contribution in [-0.2, 0) is 16.0 Å². The van der Waals surface area contributed by atoms with Crippen LogP contribution in [0.1, 0.15) is 48.7 Å². The molecule has 8 heteroatoms. The van der Waals surface area contributed by atoms with Gasteiger partial charge < -0.3 is 19.2 Å². The summed E-state index contributed by atoms with van der Waals surface area (Å²) in [6, 6.07) is 5.64. The summed E-state index contributed by atoms with van der Waals surface area (Å²) in [5, 5.41) is 0.587. The highest BCUT2D eigenvalue weighted by atomic mass is 32.1. The molecule has 0 fully saturated rings. The number of hydrogen-bond donors (Lipinski definition) is 1. The highest BCUT2D eigenvalue weighted by Crippen LogP contribution is 2.41. The molecule has 1 aromatic carbocycles. The Labute approximate surface area is 178 Å². The summed E-state index contributed by atoms with van der Waals surface area (Å²) in [6.07, 6.45) is 0.0714. The summed E-state index contributed by atoms with van der Waals surface area (Å²) < 4.78 is 17.0. The van der Waals surface area contributed by atoms with Crippen LogP contribution in [0.15, 0.2) is 23.0 Å². The fourth-order valence-corrected chi connectivity index (χ4v) is 4.63. The summed E-state index contributed by atoms with van der Waals surface area (Å²) in [7, 11) is 0. The van der Waals surface area contributed by atoms with Crippen molar-refractivity contribution in [2.24, 2.45) is 0 Å². The Hall–Kier alpha value is -2.87. The van der Waals surface area contributed by atoms with Crippen molar-refractivity contribution in [3.8, 4) is 11.5 Å². The molecule has 158 valence electrons. The Balaban J connectivity index is 1.44. The molecule has 30 heavy (non-hydrogen) atoms. The number of aromatic amines is 1. The fraction of sp³-hybridized carbons (Fsp3) is 0.409. The van der Waals surface area contributed by atoms with E-state index >= 15 is 0 Å². The van der Waals surface area contributed by atoms with Gasteiger partial charge in [0.05, 0.1) is 5.39 Å². The van der Waals surface area contributed by atoms with E-state index in [2.05, 4.69) is 9.97 Å².